The molecule has 2 N–H and O–H groups in total. The molecule has 3 aromatic rings. The Labute approximate surface area is 213 Å². The zero-order chi connectivity index (χ0) is 25.2. The van der Waals surface area contributed by atoms with Crippen molar-refractivity contribution in [3.05, 3.63) is 64.1 Å². The van der Waals surface area contributed by atoms with Crippen molar-refractivity contribution in [2.24, 2.45) is 0 Å². The Morgan fingerprint density at radius 3 is 2.69 bits per heavy atom. The third kappa shape index (κ3) is 3.50. The maximum atomic E-state index is 14.3. The molecule has 3 amide bonds. The number of hydrogen-bond acceptors (Lipinski definition) is 4. The lowest BCUT2D eigenvalue weighted by Crippen LogP contribution is -2.53. The predicted molar refractivity (Wildman–Crippen MR) is 135 cm³/mol. The molecular weight excluding hydrogens is 483 g/mol. The normalized spacial score (nSPS) is 24.1. The first-order valence-electron chi connectivity index (χ1n) is 12.4. The molecule has 0 spiro atoms. The van der Waals surface area contributed by atoms with Crippen molar-refractivity contribution in [1.29, 1.82) is 0 Å². The Bertz CT molecular complexity index is 1380. The molecule has 36 heavy (non-hydrogen) atoms. The van der Waals surface area contributed by atoms with Gasteiger partial charge < -0.3 is 15.0 Å². The molecule has 2 fully saturated rings. The van der Waals surface area contributed by atoms with Crippen molar-refractivity contribution in [2.75, 3.05) is 26.2 Å². The van der Waals surface area contributed by atoms with E-state index in [1.54, 1.807) is 36.1 Å². The third-order valence-corrected chi connectivity index (χ3v) is 8.24. The summed E-state index contributed by atoms with van der Waals surface area (Å²) in [5.74, 6) is -0.709. The molecule has 9 heteroatoms. The molecule has 6 rings (SSSR count). The van der Waals surface area contributed by atoms with Crippen molar-refractivity contribution in [3.63, 3.8) is 0 Å². The zero-order valence-electron chi connectivity index (χ0n) is 20.1. The second-order valence-electron chi connectivity index (χ2n) is 10.3. The monoisotopic (exact) mass is 510 g/mol. The number of aromatic nitrogens is 1. The number of benzene rings is 2. The highest BCUT2D eigenvalue weighted by Gasteiger charge is 2.60. The molecule has 0 unspecified atom stereocenters. The van der Waals surface area contributed by atoms with Crippen LogP contribution in [0.2, 0.25) is 5.02 Å². The number of rotatable bonds is 5. The molecule has 2 saturated heterocycles. The van der Waals surface area contributed by atoms with Crippen LogP contribution >= 0.6 is 11.6 Å². The van der Waals surface area contributed by atoms with Gasteiger partial charge in [-0.15, -0.1) is 0 Å². The van der Waals surface area contributed by atoms with E-state index in [-0.39, 0.29) is 29.1 Å². The Kier molecular flexibility index (Phi) is 5.50. The molecule has 3 aliphatic heterocycles. The minimum Gasteiger partial charge on any atom is -0.508 e. The Morgan fingerprint density at radius 2 is 1.94 bits per heavy atom. The van der Waals surface area contributed by atoms with E-state index >= 15 is 0 Å². The van der Waals surface area contributed by atoms with E-state index in [0.717, 1.165) is 37.0 Å². The molecular formula is C27H28ClFN4O3. The average Bonchev–Trinajstić information content (AvgIpc) is 3.52. The molecule has 4 heterocycles. The number of urea groups is 1. The standard InChI is InChI=1S/C27H28ClFN4O3/c1-27-15-19-18-13-20(28)21(29)14-22(18)30-23(19)24(16-6-4-7-17(34)12-16)33(27)26(36)32(25(27)35)11-5-10-31-8-2-3-9-31/h4,6-7,12-14,24,30,34H,2-3,5,8-11,15H2,1H3/t24-,27+/m1/s1. The number of hydrogen-bond donors (Lipinski definition) is 2. The molecule has 3 aliphatic rings. The van der Waals surface area contributed by atoms with E-state index in [2.05, 4.69) is 9.88 Å². The fourth-order valence-electron chi connectivity index (χ4n) is 6.21. The molecule has 2 atom stereocenters. The number of phenols is 1. The SMILES string of the molecule is C[C@@]12Cc3c([nH]c4cc(F)c(Cl)cc34)[C@@H](c3cccc(O)c3)N1C(=O)N(CCCN1CCCC1)C2=O. The van der Waals surface area contributed by atoms with Gasteiger partial charge in [0.1, 0.15) is 23.1 Å². The minimum atomic E-state index is -1.12. The number of amides is 3. The van der Waals surface area contributed by atoms with Crippen molar-refractivity contribution >= 4 is 34.4 Å². The summed E-state index contributed by atoms with van der Waals surface area (Å²) in [5, 5.41) is 11.0. The van der Waals surface area contributed by atoms with Gasteiger partial charge in [-0.05, 0) is 81.2 Å². The number of nitrogens with zero attached hydrogens (tertiary/aromatic N) is 3. The van der Waals surface area contributed by atoms with Crippen molar-refractivity contribution in [2.45, 2.75) is 44.2 Å². The van der Waals surface area contributed by atoms with Gasteiger partial charge in [-0.3, -0.25) is 14.6 Å². The van der Waals surface area contributed by atoms with Crippen molar-refractivity contribution in [1.82, 2.24) is 19.7 Å². The van der Waals surface area contributed by atoms with Crippen LogP contribution in [0, 0.1) is 5.82 Å². The van der Waals surface area contributed by atoms with Gasteiger partial charge in [0.15, 0.2) is 0 Å². The second-order valence-corrected chi connectivity index (χ2v) is 10.7. The smallest absolute Gasteiger partial charge is 0.328 e. The van der Waals surface area contributed by atoms with Gasteiger partial charge in [0.2, 0.25) is 0 Å². The number of phenolic OH excluding ortho intramolecular Hbond substituents is 1. The van der Waals surface area contributed by atoms with E-state index in [0.29, 0.717) is 23.3 Å². The lowest BCUT2D eigenvalue weighted by molar-refractivity contribution is -0.133. The third-order valence-electron chi connectivity index (χ3n) is 7.95. The minimum absolute atomic E-state index is 0.00292. The number of imide groups is 1. The maximum absolute atomic E-state index is 14.3. The Morgan fingerprint density at radius 1 is 1.17 bits per heavy atom. The van der Waals surface area contributed by atoms with Crippen LogP contribution in [0.3, 0.4) is 0 Å². The summed E-state index contributed by atoms with van der Waals surface area (Å²) in [4.78, 5) is 36.4. The van der Waals surface area contributed by atoms with Gasteiger partial charge in [0, 0.05) is 29.6 Å². The van der Waals surface area contributed by atoms with Crippen molar-refractivity contribution < 1.29 is 19.1 Å². The molecule has 0 aliphatic carbocycles. The van der Waals surface area contributed by atoms with Gasteiger partial charge in [-0.25, -0.2) is 9.18 Å². The lowest BCUT2D eigenvalue weighted by Gasteiger charge is -2.42. The highest BCUT2D eigenvalue weighted by molar-refractivity contribution is 6.31. The zero-order valence-corrected chi connectivity index (χ0v) is 20.8. The predicted octanol–water partition coefficient (Wildman–Crippen LogP) is 4.82. The lowest BCUT2D eigenvalue weighted by atomic mass is 9.81. The average molecular weight is 511 g/mol. The number of likely N-dealkylation sites (tertiary alicyclic amines) is 1. The molecule has 7 nitrogen and oxygen atoms in total. The number of fused-ring (bicyclic) bond motifs is 4. The summed E-state index contributed by atoms with van der Waals surface area (Å²) in [7, 11) is 0. The van der Waals surface area contributed by atoms with E-state index < -0.39 is 17.4 Å². The first kappa shape index (κ1) is 23.3. The Balaban J connectivity index is 1.43. The highest BCUT2D eigenvalue weighted by atomic mass is 35.5. The molecule has 0 bridgehead atoms. The van der Waals surface area contributed by atoms with Gasteiger partial charge in [-0.2, -0.15) is 0 Å². The first-order chi connectivity index (χ1) is 17.3. The molecule has 0 saturated carbocycles. The summed E-state index contributed by atoms with van der Waals surface area (Å²) in [6, 6.07) is 8.64. The van der Waals surface area contributed by atoms with Crippen LogP contribution in [0.15, 0.2) is 36.4 Å². The van der Waals surface area contributed by atoms with Crippen LogP contribution < -0.4 is 0 Å². The number of aromatic amines is 1. The van der Waals surface area contributed by atoms with Crippen LogP contribution in [-0.2, 0) is 11.2 Å². The second kappa shape index (κ2) is 8.49. The fraction of sp³-hybridized carbons (Fsp3) is 0.407. The number of carbonyl (C=O) groups is 2. The van der Waals surface area contributed by atoms with Crippen LogP contribution in [0.25, 0.3) is 10.9 Å². The molecule has 1 aromatic heterocycles. The van der Waals surface area contributed by atoms with E-state index in [4.69, 9.17) is 11.6 Å². The van der Waals surface area contributed by atoms with E-state index in [1.165, 1.54) is 23.8 Å². The number of H-pyrrole nitrogens is 1. The van der Waals surface area contributed by atoms with Crippen LogP contribution in [0.4, 0.5) is 9.18 Å². The Hall–Kier alpha value is -3.10. The highest BCUT2D eigenvalue weighted by Crippen LogP contribution is 2.49. The summed E-state index contributed by atoms with van der Waals surface area (Å²) in [6.07, 6.45) is 3.39. The first-order valence-corrected chi connectivity index (χ1v) is 12.8. The van der Waals surface area contributed by atoms with Gasteiger partial charge in [0.05, 0.1) is 5.02 Å². The van der Waals surface area contributed by atoms with Crippen LogP contribution in [0.5, 0.6) is 5.75 Å². The number of carbonyl (C=O) groups excluding carboxylic acids is 2. The summed E-state index contributed by atoms with van der Waals surface area (Å²) >= 11 is 6.13. The van der Waals surface area contributed by atoms with E-state index in [9.17, 15) is 19.1 Å². The van der Waals surface area contributed by atoms with Gasteiger partial charge in [-0.1, -0.05) is 23.7 Å². The van der Waals surface area contributed by atoms with Gasteiger partial charge in [0.25, 0.3) is 5.91 Å². The summed E-state index contributed by atoms with van der Waals surface area (Å²) < 4.78 is 14.3. The summed E-state index contributed by atoms with van der Waals surface area (Å²) in [5.41, 5.74) is 1.64. The fourth-order valence-corrected chi connectivity index (χ4v) is 6.37. The molecule has 2 aromatic carbocycles. The maximum Gasteiger partial charge on any atom is 0.328 e. The van der Waals surface area contributed by atoms with E-state index in [1.807, 2.05) is 6.07 Å². The topological polar surface area (TPSA) is 79.9 Å². The van der Waals surface area contributed by atoms with Crippen molar-refractivity contribution in [3.8, 4) is 5.75 Å². The number of aromatic hydroxyl groups is 1. The molecule has 188 valence electrons. The molecule has 0 radical (unpaired) electrons. The largest absolute Gasteiger partial charge is 0.508 e. The number of nitrogens with one attached hydrogen (secondary N) is 1. The summed E-state index contributed by atoms with van der Waals surface area (Å²) in [6.45, 7) is 5.15. The quantitative estimate of drug-likeness (QED) is 0.482. The van der Waals surface area contributed by atoms with Crippen LogP contribution in [0.1, 0.15) is 49.0 Å². The number of halogens is 2. The van der Waals surface area contributed by atoms with Gasteiger partial charge >= 0.3 is 6.03 Å². The van der Waals surface area contributed by atoms with Crippen LogP contribution in [-0.4, -0.2) is 68.4 Å².